The third kappa shape index (κ3) is 2.28. The monoisotopic (exact) mass is 202 g/mol. The molecular formula is C11H13F3. The Kier molecular flexibility index (Phi) is 2.88. The van der Waals surface area contributed by atoms with Crippen molar-refractivity contribution in [3.63, 3.8) is 0 Å². The number of benzene rings is 1. The van der Waals surface area contributed by atoms with Crippen molar-refractivity contribution in [3.8, 4) is 0 Å². The third-order valence-corrected chi connectivity index (χ3v) is 2.14. The highest BCUT2D eigenvalue weighted by atomic mass is 19.4. The maximum Gasteiger partial charge on any atom is 0.416 e. The van der Waals surface area contributed by atoms with Crippen LogP contribution in [0.25, 0.3) is 0 Å². The molecule has 0 spiro atoms. The molecule has 0 amide bonds. The Morgan fingerprint density at radius 3 is 2.14 bits per heavy atom. The minimum atomic E-state index is -4.24. The number of halogens is 3. The highest BCUT2D eigenvalue weighted by molar-refractivity contribution is 5.35. The van der Waals surface area contributed by atoms with E-state index in [2.05, 4.69) is 0 Å². The van der Waals surface area contributed by atoms with Gasteiger partial charge in [0.1, 0.15) is 0 Å². The normalized spacial score (nSPS) is 12.2. The predicted octanol–water partition coefficient (Wildman–Crippen LogP) is 4.14. The summed E-state index contributed by atoms with van der Waals surface area (Å²) < 4.78 is 37.8. The summed E-state index contributed by atoms with van der Waals surface area (Å²) in [5.74, 6) is -0.104. The van der Waals surface area contributed by atoms with E-state index in [1.807, 2.05) is 0 Å². The van der Waals surface area contributed by atoms with Crippen molar-refractivity contribution in [2.45, 2.75) is 32.9 Å². The molecule has 0 heterocycles. The van der Waals surface area contributed by atoms with Gasteiger partial charge in [-0.2, -0.15) is 13.2 Å². The minimum Gasteiger partial charge on any atom is -0.166 e. The Bertz CT molecular complexity index is 324. The molecule has 0 radical (unpaired) electrons. The van der Waals surface area contributed by atoms with Crippen molar-refractivity contribution in [2.75, 3.05) is 0 Å². The molecule has 0 N–H and O–H groups in total. The van der Waals surface area contributed by atoms with E-state index >= 15 is 0 Å². The summed E-state index contributed by atoms with van der Waals surface area (Å²) in [6.07, 6.45) is -4.24. The van der Waals surface area contributed by atoms with Crippen molar-refractivity contribution in [1.29, 1.82) is 0 Å². The van der Waals surface area contributed by atoms with Crippen LogP contribution in [0.15, 0.2) is 18.2 Å². The molecule has 0 bridgehead atoms. The lowest BCUT2D eigenvalue weighted by Crippen LogP contribution is -2.10. The molecule has 3 heteroatoms. The minimum absolute atomic E-state index is 0.104. The number of hydrogen-bond donors (Lipinski definition) is 0. The van der Waals surface area contributed by atoms with Gasteiger partial charge in [-0.05, 0) is 24.5 Å². The Morgan fingerprint density at radius 2 is 1.71 bits per heavy atom. The molecule has 1 aromatic carbocycles. The largest absolute Gasteiger partial charge is 0.416 e. The molecule has 0 unspecified atom stereocenters. The van der Waals surface area contributed by atoms with Crippen LogP contribution in [0.2, 0.25) is 0 Å². The maximum absolute atomic E-state index is 12.6. The summed E-state index contributed by atoms with van der Waals surface area (Å²) in [6, 6.07) is 4.47. The molecule has 0 aliphatic heterocycles. The van der Waals surface area contributed by atoms with Gasteiger partial charge in [0.25, 0.3) is 0 Å². The molecule has 0 aromatic heterocycles. The van der Waals surface area contributed by atoms with E-state index in [9.17, 15) is 13.2 Å². The van der Waals surface area contributed by atoms with Gasteiger partial charge in [-0.1, -0.05) is 31.5 Å². The van der Waals surface area contributed by atoms with E-state index in [4.69, 9.17) is 0 Å². The summed E-state index contributed by atoms with van der Waals surface area (Å²) in [5.41, 5.74) is 0.498. The third-order valence-electron chi connectivity index (χ3n) is 2.14. The quantitative estimate of drug-likeness (QED) is 0.642. The molecule has 0 fully saturated rings. The first kappa shape index (κ1) is 11.1. The summed E-state index contributed by atoms with van der Waals surface area (Å²) in [7, 11) is 0. The Labute approximate surface area is 81.8 Å². The standard InChI is InChI=1S/C11H13F3/c1-7(2)9-5-4-8(3)6-10(9)11(12,13)14/h4-7H,1-3H3. The zero-order chi connectivity index (χ0) is 10.9. The molecule has 0 atom stereocenters. The zero-order valence-corrected chi connectivity index (χ0v) is 8.44. The van der Waals surface area contributed by atoms with Crippen LogP contribution in [0.4, 0.5) is 13.2 Å². The average molecular weight is 202 g/mol. The summed E-state index contributed by atoms with van der Waals surface area (Å²) >= 11 is 0. The van der Waals surface area contributed by atoms with E-state index in [1.165, 1.54) is 6.07 Å². The smallest absolute Gasteiger partial charge is 0.166 e. The lowest BCUT2D eigenvalue weighted by atomic mass is 9.95. The predicted molar refractivity (Wildman–Crippen MR) is 50.3 cm³/mol. The molecule has 0 nitrogen and oxygen atoms in total. The van der Waals surface area contributed by atoms with Crippen molar-refractivity contribution in [3.05, 3.63) is 34.9 Å². The second-order valence-corrected chi connectivity index (χ2v) is 3.74. The van der Waals surface area contributed by atoms with E-state index in [-0.39, 0.29) is 5.92 Å². The van der Waals surface area contributed by atoms with Crippen LogP contribution in [0.3, 0.4) is 0 Å². The van der Waals surface area contributed by atoms with Crippen molar-refractivity contribution in [1.82, 2.24) is 0 Å². The Balaban J connectivity index is 3.30. The Hall–Kier alpha value is -0.990. The first-order valence-corrected chi connectivity index (χ1v) is 4.50. The van der Waals surface area contributed by atoms with Crippen LogP contribution < -0.4 is 0 Å². The van der Waals surface area contributed by atoms with Gasteiger partial charge in [-0.15, -0.1) is 0 Å². The Morgan fingerprint density at radius 1 is 1.14 bits per heavy atom. The molecule has 78 valence electrons. The van der Waals surface area contributed by atoms with Gasteiger partial charge in [0.05, 0.1) is 5.56 Å². The molecule has 14 heavy (non-hydrogen) atoms. The van der Waals surface area contributed by atoms with Crippen LogP contribution in [0, 0.1) is 6.92 Å². The molecule has 0 saturated carbocycles. The van der Waals surface area contributed by atoms with Gasteiger partial charge >= 0.3 is 6.18 Å². The van der Waals surface area contributed by atoms with Gasteiger partial charge < -0.3 is 0 Å². The molecule has 1 rings (SSSR count). The van der Waals surface area contributed by atoms with E-state index in [1.54, 1.807) is 32.9 Å². The van der Waals surface area contributed by atoms with Gasteiger partial charge in [0.2, 0.25) is 0 Å². The lowest BCUT2D eigenvalue weighted by molar-refractivity contribution is -0.138. The second-order valence-electron chi connectivity index (χ2n) is 3.74. The first-order chi connectivity index (χ1) is 6.32. The van der Waals surface area contributed by atoms with Crippen LogP contribution >= 0.6 is 0 Å². The molecule has 0 aliphatic rings. The van der Waals surface area contributed by atoms with Gasteiger partial charge in [-0.3, -0.25) is 0 Å². The fourth-order valence-corrected chi connectivity index (χ4v) is 1.42. The van der Waals surface area contributed by atoms with Gasteiger partial charge in [0, 0.05) is 0 Å². The van der Waals surface area contributed by atoms with Crippen LogP contribution in [-0.2, 0) is 6.18 Å². The van der Waals surface area contributed by atoms with Gasteiger partial charge in [-0.25, -0.2) is 0 Å². The van der Waals surface area contributed by atoms with Crippen LogP contribution in [-0.4, -0.2) is 0 Å². The second kappa shape index (κ2) is 3.64. The average Bonchev–Trinajstić information content (AvgIpc) is 2.01. The summed E-state index contributed by atoms with van der Waals surface area (Å²) in [6.45, 7) is 5.19. The van der Waals surface area contributed by atoms with E-state index < -0.39 is 11.7 Å². The zero-order valence-electron chi connectivity index (χ0n) is 8.44. The lowest BCUT2D eigenvalue weighted by Gasteiger charge is -2.15. The highest BCUT2D eigenvalue weighted by Crippen LogP contribution is 2.35. The molecular weight excluding hydrogens is 189 g/mol. The number of rotatable bonds is 1. The number of alkyl halides is 3. The topological polar surface area (TPSA) is 0 Å². The number of aryl methyl sites for hydroxylation is 1. The molecule has 0 aliphatic carbocycles. The van der Waals surface area contributed by atoms with Crippen LogP contribution in [0.5, 0.6) is 0 Å². The van der Waals surface area contributed by atoms with Crippen molar-refractivity contribution in [2.24, 2.45) is 0 Å². The van der Waals surface area contributed by atoms with E-state index in [0.717, 1.165) is 0 Å². The summed E-state index contributed by atoms with van der Waals surface area (Å²) in [5, 5.41) is 0. The van der Waals surface area contributed by atoms with E-state index in [0.29, 0.717) is 11.1 Å². The van der Waals surface area contributed by atoms with Crippen molar-refractivity contribution >= 4 is 0 Å². The van der Waals surface area contributed by atoms with Crippen molar-refractivity contribution < 1.29 is 13.2 Å². The highest BCUT2D eigenvalue weighted by Gasteiger charge is 2.33. The fraction of sp³-hybridized carbons (Fsp3) is 0.455. The van der Waals surface area contributed by atoms with Crippen LogP contribution in [0.1, 0.15) is 36.5 Å². The fourth-order valence-electron chi connectivity index (χ4n) is 1.42. The number of hydrogen-bond acceptors (Lipinski definition) is 0. The SMILES string of the molecule is Cc1ccc(C(C)C)c(C(F)(F)F)c1. The molecule has 1 aromatic rings. The maximum atomic E-state index is 12.6. The molecule has 0 saturated heterocycles. The summed E-state index contributed by atoms with van der Waals surface area (Å²) in [4.78, 5) is 0. The first-order valence-electron chi connectivity index (χ1n) is 4.50. The van der Waals surface area contributed by atoms with Gasteiger partial charge in [0.15, 0.2) is 0 Å².